The van der Waals surface area contributed by atoms with Crippen molar-refractivity contribution in [3.05, 3.63) is 98.5 Å². The molecule has 1 N–H and O–H groups in total. The largest absolute Gasteiger partial charge is 0.329 e. The molecule has 2 heterocycles. The summed E-state index contributed by atoms with van der Waals surface area (Å²) in [6.07, 6.45) is 0. The van der Waals surface area contributed by atoms with Gasteiger partial charge in [-0.05, 0) is 17.0 Å². The van der Waals surface area contributed by atoms with Gasteiger partial charge in [0.2, 0.25) is 0 Å². The Morgan fingerprint density at radius 3 is 2.00 bits per heavy atom. The van der Waals surface area contributed by atoms with Crippen molar-refractivity contribution in [2.75, 3.05) is 0 Å². The number of aromatic amines is 1. The first-order chi connectivity index (χ1) is 15.4. The first-order valence-electron chi connectivity index (χ1n) is 10.9. The molecule has 0 aliphatic heterocycles. The number of nitrogens with one attached hydrogen (secondary N) is 1. The Balaban J connectivity index is 1.77. The second kappa shape index (κ2) is 9.36. The summed E-state index contributed by atoms with van der Waals surface area (Å²) in [6, 6.07) is 20.7. The molecule has 0 unspecified atom stereocenters. The van der Waals surface area contributed by atoms with Crippen molar-refractivity contribution in [2.24, 2.45) is 13.0 Å². The summed E-state index contributed by atoms with van der Waals surface area (Å²) in [5.74, 6) is 1.10. The Morgan fingerprint density at radius 2 is 1.47 bits per heavy atom. The lowest BCUT2D eigenvalue weighted by Gasteiger charge is -2.23. The first-order valence-corrected chi connectivity index (χ1v) is 10.9. The Morgan fingerprint density at radius 1 is 0.906 bits per heavy atom. The zero-order chi connectivity index (χ0) is 22.7. The minimum atomic E-state index is -0.450. The van der Waals surface area contributed by atoms with Crippen molar-refractivity contribution >= 4 is 11.2 Å². The molecule has 0 aliphatic rings. The summed E-state index contributed by atoms with van der Waals surface area (Å²) in [7, 11) is 1.64. The van der Waals surface area contributed by atoms with E-state index in [4.69, 9.17) is 4.98 Å². The molecule has 0 spiro atoms. The Kier molecular flexibility index (Phi) is 6.37. The molecule has 0 aliphatic carbocycles. The zero-order valence-electron chi connectivity index (χ0n) is 18.8. The van der Waals surface area contributed by atoms with E-state index in [2.05, 4.69) is 48.0 Å². The summed E-state index contributed by atoms with van der Waals surface area (Å²) >= 11 is 0. The molecule has 7 nitrogen and oxygen atoms in total. The second-order valence-corrected chi connectivity index (χ2v) is 8.64. The molecule has 2 aromatic heterocycles. The molecule has 0 atom stereocenters. The molecule has 0 saturated heterocycles. The number of benzene rings is 2. The minimum absolute atomic E-state index is 0.319. The van der Waals surface area contributed by atoms with Gasteiger partial charge in [-0.25, -0.2) is 9.78 Å². The van der Waals surface area contributed by atoms with Gasteiger partial charge in [0.05, 0.1) is 6.54 Å². The van der Waals surface area contributed by atoms with Crippen molar-refractivity contribution in [3.63, 3.8) is 0 Å². The molecular formula is C25H29N5O2. The van der Waals surface area contributed by atoms with Crippen LogP contribution in [0.3, 0.4) is 0 Å². The van der Waals surface area contributed by atoms with Gasteiger partial charge in [-0.2, -0.15) is 0 Å². The van der Waals surface area contributed by atoms with E-state index in [-0.39, 0.29) is 5.56 Å². The fourth-order valence-electron chi connectivity index (χ4n) is 4.01. The predicted octanol–water partition coefficient (Wildman–Crippen LogP) is 3.28. The van der Waals surface area contributed by atoms with Gasteiger partial charge in [0, 0.05) is 26.7 Å². The molecule has 0 fully saturated rings. The van der Waals surface area contributed by atoms with Gasteiger partial charge in [-0.3, -0.25) is 19.2 Å². The highest BCUT2D eigenvalue weighted by molar-refractivity contribution is 5.70. The van der Waals surface area contributed by atoms with Gasteiger partial charge in [-0.15, -0.1) is 0 Å². The molecule has 166 valence electrons. The fourth-order valence-corrected chi connectivity index (χ4v) is 4.01. The van der Waals surface area contributed by atoms with Crippen LogP contribution < -0.4 is 11.2 Å². The SMILES string of the molecule is CC(C)Cn1c(CN(Cc2ccccc2)Cc2ccccc2)nc2c1c(=O)[nH]c(=O)n2C. The maximum Gasteiger partial charge on any atom is 0.329 e. The summed E-state index contributed by atoms with van der Waals surface area (Å²) < 4.78 is 3.39. The van der Waals surface area contributed by atoms with Gasteiger partial charge >= 0.3 is 5.69 Å². The summed E-state index contributed by atoms with van der Waals surface area (Å²) in [5.41, 5.74) is 2.46. The van der Waals surface area contributed by atoms with E-state index in [0.717, 1.165) is 18.9 Å². The van der Waals surface area contributed by atoms with Crippen LogP contribution in [0.1, 0.15) is 30.8 Å². The van der Waals surface area contributed by atoms with Crippen molar-refractivity contribution in [2.45, 2.75) is 40.0 Å². The maximum absolute atomic E-state index is 12.7. The highest BCUT2D eigenvalue weighted by atomic mass is 16.2. The van der Waals surface area contributed by atoms with E-state index >= 15 is 0 Å². The first kappa shape index (κ1) is 21.8. The standard InChI is InChI=1S/C25H29N5O2/c1-18(2)14-30-21(26-23-22(30)24(31)27-25(32)28(23)3)17-29(15-19-10-6-4-7-11-19)16-20-12-8-5-9-13-20/h4-13,18H,14-17H2,1-3H3,(H,27,31,32). The van der Waals surface area contributed by atoms with Gasteiger partial charge in [0.25, 0.3) is 5.56 Å². The van der Waals surface area contributed by atoms with E-state index in [1.807, 2.05) is 41.0 Å². The van der Waals surface area contributed by atoms with Crippen LogP contribution in [0.25, 0.3) is 11.2 Å². The number of H-pyrrole nitrogens is 1. The van der Waals surface area contributed by atoms with Gasteiger partial charge in [0.15, 0.2) is 11.2 Å². The Hall–Kier alpha value is -3.45. The van der Waals surface area contributed by atoms with Crippen LogP contribution in [0, 0.1) is 5.92 Å². The maximum atomic E-state index is 12.7. The quantitative estimate of drug-likeness (QED) is 0.465. The van der Waals surface area contributed by atoms with Gasteiger partial charge in [0.1, 0.15) is 5.82 Å². The van der Waals surface area contributed by atoms with E-state index < -0.39 is 5.69 Å². The second-order valence-electron chi connectivity index (χ2n) is 8.64. The summed E-state index contributed by atoms with van der Waals surface area (Å²) in [6.45, 7) is 6.91. The minimum Gasteiger partial charge on any atom is -0.321 e. The molecule has 4 aromatic rings. The number of rotatable bonds is 8. The number of aromatic nitrogens is 4. The molecule has 0 radical (unpaired) electrons. The number of imidazole rings is 1. The van der Waals surface area contributed by atoms with Crippen LogP contribution in [-0.2, 0) is 33.2 Å². The van der Waals surface area contributed by atoms with Crippen molar-refractivity contribution in [1.82, 2.24) is 24.0 Å². The number of nitrogens with zero attached hydrogens (tertiary/aromatic N) is 4. The predicted molar refractivity (Wildman–Crippen MR) is 126 cm³/mol. The molecule has 7 heteroatoms. The summed E-state index contributed by atoms with van der Waals surface area (Å²) in [4.78, 5) is 34.3. The molecule has 0 saturated carbocycles. The number of fused-ring (bicyclic) bond motifs is 1. The van der Waals surface area contributed by atoms with Crippen LogP contribution >= 0.6 is 0 Å². The molecule has 0 bridgehead atoms. The third kappa shape index (κ3) is 4.73. The average molecular weight is 432 g/mol. The smallest absolute Gasteiger partial charge is 0.321 e. The lowest BCUT2D eigenvalue weighted by Crippen LogP contribution is -2.29. The van der Waals surface area contributed by atoms with Crippen molar-refractivity contribution < 1.29 is 0 Å². The monoisotopic (exact) mass is 431 g/mol. The molecule has 0 amide bonds. The molecule has 2 aromatic carbocycles. The zero-order valence-corrected chi connectivity index (χ0v) is 18.8. The molecule has 4 rings (SSSR count). The Bertz CT molecular complexity index is 1260. The summed E-state index contributed by atoms with van der Waals surface area (Å²) in [5, 5.41) is 0. The van der Waals surface area contributed by atoms with E-state index in [1.54, 1.807) is 7.05 Å². The van der Waals surface area contributed by atoms with Crippen LogP contribution in [-0.4, -0.2) is 24.0 Å². The van der Waals surface area contributed by atoms with Crippen LogP contribution in [0.15, 0.2) is 70.3 Å². The van der Waals surface area contributed by atoms with Gasteiger partial charge < -0.3 is 4.57 Å². The van der Waals surface area contributed by atoms with E-state index in [1.165, 1.54) is 15.7 Å². The van der Waals surface area contributed by atoms with Crippen LogP contribution in [0.2, 0.25) is 0 Å². The van der Waals surface area contributed by atoms with Gasteiger partial charge in [-0.1, -0.05) is 74.5 Å². The lowest BCUT2D eigenvalue weighted by molar-refractivity contribution is 0.237. The number of aryl methyl sites for hydroxylation is 1. The number of hydrogen-bond acceptors (Lipinski definition) is 4. The third-order valence-electron chi connectivity index (χ3n) is 5.50. The molecular weight excluding hydrogens is 402 g/mol. The van der Waals surface area contributed by atoms with E-state index in [0.29, 0.717) is 30.2 Å². The average Bonchev–Trinajstić information content (AvgIpc) is 3.11. The van der Waals surface area contributed by atoms with Crippen molar-refractivity contribution in [1.29, 1.82) is 0 Å². The highest BCUT2D eigenvalue weighted by Gasteiger charge is 2.20. The topological polar surface area (TPSA) is 75.9 Å². The normalized spacial score (nSPS) is 11.7. The fraction of sp³-hybridized carbons (Fsp3) is 0.320. The van der Waals surface area contributed by atoms with Crippen LogP contribution in [0.5, 0.6) is 0 Å². The number of hydrogen-bond donors (Lipinski definition) is 1. The Labute approximate surface area is 187 Å². The lowest BCUT2D eigenvalue weighted by atomic mass is 10.1. The van der Waals surface area contributed by atoms with Crippen molar-refractivity contribution in [3.8, 4) is 0 Å². The molecule has 32 heavy (non-hydrogen) atoms. The third-order valence-corrected chi connectivity index (χ3v) is 5.50. The van der Waals surface area contributed by atoms with Crippen LogP contribution in [0.4, 0.5) is 0 Å². The highest BCUT2D eigenvalue weighted by Crippen LogP contribution is 2.18. The van der Waals surface area contributed by atoms with E-state index in [9.17, 15) is 9.59 Å².